The van der Waals surface area contributed by atoms with Crippen LogP contribution in [0.4, 0.5) is 13.2 Å². The maximum absolute atomic E-state index is 12.9. The molecule has 1 saturated carbocycles. The van der Waals surface area contributed by atoms with Gasteiger partial charge >= 0.3 is 6.18 Å². The number of hydrogen-bond donors (Lipinski definition) is 1. The molecule has 1 aromatic heterocycles. The van der Waals surface area contributed by atoms with Crippen molar-refractivity contribution in [2.24, 2.45) is 11.8 Å². The van der Waals surface area contributed by atoms with Crippen molar-refractivity contribution in [1.29, 1.82) is 0 Å². The highest BCUT2D eigenvalue weighted by molar-refractivity contribution is 5.78. The Hall–Kier alpha value is -1.60. The lowest BCUT2D eigenvalue weighted by Crippen LogP contribution is -2.37. The fourth-order valence-corrected chi connectivity index (χ4v) is 3.71. The Labute approximate surface area is 139 Å². The zero-order valence-corrected chi connectivity index (χ0v) is 13.6. The molecule has 5 nitrogen and oxygen atoms in total. The van der Waals surface area contributed by atoms with Gasteiger partial charge in [-0.15, -0.1) is 10.2 Å². The average molecular weight is 344 g/mol. The summed E-state index contributed by atoms with van der Waals surface area (Å²) >= 11 is 0. The van der Waals surface area contributed by atoms with Crippen LogP contribution in [0.2, 0.25) is 0 Å². The molecule has 0 bridgehead atoms. The molecule has 24 heavy (non-hydrogen) atoms. The van der Waals surface area contributed by atoms with E-state index in [4.69, 9.17) is 0 Å². The Kier molecular flexibility index (Phi) is 5.10. The van der Waals surface area contributed by atoms with Gasteiger partial charge < -0.3 is 9.88 Å². The van der Waals surface area contributed by atoms with Gasteiger partial charge in [0, 0.05) is 18.9 Å². The summed E-state index contributed by atoms with van der Waals surface area (Å²) in [5, 5.41) is 11.1. The number of carbonyl (C=O) groups excluding carboxylic acids is 1. The van der Waals surface area contributed by atoms with Gasteiger partial charge in [0.05, 0.1) is 12.5 Å². The summed E-state index contributed by atoms with van der Waals surface area (Å²) < 4.78 is 40.6. The van der Waals surface area contributed by atoms with Crippen molar-refractivity contribution in [2.75, 3.05) is 0 Å². The number of carbonyl (C=O) groups is 1. The normalized spacial score (nSPS) is 25.0. The molecule has 2 heterocycles. The second kappa shape index (κ2) is 7.11. The topological polar surface area (TPSA) is 59.8 Å². The number of hydrogen-bond acceptors (Lipinski definition) is 3. The summed E-state index contributed by atoms with van der Waals surface area (Å²) in [6, 6.07) is 0. The van der Waals surface area contributed by atoms with Gasteiger partial charge in [0.25, 0.3) is 0 Å². The summed E-state index contributed by atoms with van der Waals surface area (Å²) in [6.07, 6.45) is 0.973. The van der Waals surface area contributed by atoms with Crippen molar-refractivity contribution >= 4 is 5.91 Å². The van der Waals surface area contributed by atoms with Crippen LogP contribution >= 0.6 is 0 Å². The number of alkyl halides is 3. The lowest BCUT2D eigenvalue weighted by atomic mass is 9.80. The largest absolute Gasteiger partial charge is 0.391 e. The van der Waals surface area contributed by atoms with Crippen LogP contribution in [-0.4, -0.2) is 26.8 Å². The van der Waals surface area contributed by atoms with Crippen LogP contribution in [0.3, 0.4) is 0 Å². The van der Waals surface area contributed by atoms with E-state index in [1.807, 2.05) is 4.57 Å². The molecule has 2 unspecified atom stereocenters. The molecule has 1 fully saturated rings. The van der Waals surface area contributed by atoms with Gasteiger partial charge in [-0.25, -0.2) is 0 Å². The van der Waals surface area contributed by atoms with E-state index in [9.17, 15) is 18.0 Å². The highest BCUT2D eigenvalue weighted by Gasteiger charge is 2.43. The maximum Gasteiger partial charge on any atom is 0.391 e. The first-order valence-corrected chi connectivity index (χ1v) is 8.70. The number of nitrogens with zero attached hydrogens (tertiary/aromatic N) is 3. The van der Waals surface area contributed by atoms with Gasteiger partial charge in [-0.2, -0.15) is 13.2 Å². The minimum Gasteiger partial charge on any atom is -0.349 e. The highest BCUT2D eigenvalue weighted by Crippen LogP contribution is 2.39. The van der Waals surface area contributed by atoms with E-state index in [0.717, 1.165) is 38.1 Å². The molecule has 1 N–H and O–H groups in total. The predicted molar refractivity (Wildman–Crippen MR) is 80.9 cm³/mol. The zero-order valence-electron chi connectivity index (χ0n) is 13.6. The lowest BCUT2D eigenvalue weighted by molar-refractivity contribution is -0.186. The van der Waals surface area contributed by atoms with Gasteiger partial charge in [-0.3, -0.25) is 4.79 Å². The van der Waals surface area contributed by atoms with Crippen LogP contribution in [0.15, 0.2) is 0 Å². The molecule has 0 radical (unpaired) electrons. The molecule has 3 rings (SSSR count). The van der Waals surface area contributed by atoms with Gasteiger partial charge in [0.2, 0.25) is 5.91 Å². The minimum absolute atomic E-state index is 0.104. The van der Waals surface area contributed by atoms with E-state index in [2.05, 4.69) is 15.5 Å². The molecule has 1 aliphatic carbocycles. The molecule has 2 aliphatic rings. The number of aryl methyl sites for hydroxylation is 1. The molecule has 2 atom stereocenters. The Morgan fingerprint density at radius 2 is 2.00 bits per heavy atom. The Bertz CT molecular complexity index is 584. The maximum atomic E-state index is 12.9. The van der Waals surface area contributed by atoms with E-state index in [1.165, 1.54) is 0 Å². The molecule has 1 aliphatic heterocycles. The Balaban J connectivity index is 1.57. The SMILES string of the molecule is O=C(NCc1nnc2n1CCCCC2)C1CCCC(C(F)(F)F)C1. The predicted octanol–water partition coefficient (Wildman–Crippen LogP) is 2.99. The third-order valence-corrected chi connectivity index (χ3v) is 5.11. The first kappa shape index (κ1) is 17.2. The molecule has 0 spiro atoms. The Morgan fingerprint density at radius 3 is 2.79 bits per heavy atom. The van der Waals surface area contributed by atoms with Crippen LogP contribution in [0.5, 0.6) is 0 Å². The fraction of sp³-hybridized carbons (Fsp3) is 0.812. The highest BCUT2D eigenvalue weighted by atomic mass is 19.4. The Morgan fingerprint density at radius 1 is 1.17 bits per heavy atom. The molecule has 8 heteroatoms. The van der Waals surface area contributed by atoms with Crippen molar-refractivity contribution in [2.45, 2.75) is 70.6 Å². The number of amides is 1. The van der Waals surface area contributed by atoms with Crippen molar-refractivity contribution in [3.8, 4) is 0 Å². The molecule has 0 saturated heterocycles. The number of aromatic nitrogens is 3. The van der Waals surface area contributed by atoms with Crippen LogP contribution in [-0.2, 0) is 24.3 Å². The first-order chi connectivity index (χ1) is 11.4. The van der Waals surface area contributed by atoms with E-state index in [0.29, 0.717) is 18.7 Å². The third kappa shape index (κ3) is 3.89. The van der Waals surface area contributed by atoms with Gasteiger partial charge in [-0.05, 0) is 32.1 Å². The number of halogens is 3. The second-order valence-electron chi connectivity index (χ2n) is 6.81. The van der Waals surface area contributed by atoms with Gasteiger partial charge in [0.1, 0.15) is 5.82 Å². The second-order valence-corrected chi connectivity index (χ2v) is 6.81. The van der Waals surface area contributed by atoms with Crippen LogP contribution in [0.1, 0.15) is 56.6 Å². The summed E-state index contributed by atoms with van der Waals surface area (Å²) in [5.41, 5.74) is 0. The zero-order chi connectivity index (χ0) is 17.2. The molecule has 1 amide bonds. The minimum atomic E-state index is -4.21. The molecule has 1 aromatic rings. The summed E-state index contributed by atoms with van der Waals surface area (Å²) in [7, 11) is 0. The lowest BCUT2D eigenvalue weighted by Gasteiger charge is -2.29. The summed E-state index contributed by atoms with van der Waals surface area (Å²) in [4.78, 5) is 12.3. The average Bonchev–Trinajstić information content (AvgIpc) is 2.78. The number of rotatable bonds is 3. The van der Waals surface area contributed by atoms with E-state index >= 15 is 0 Å². The van der Waals surface area contributed by atoms with Crippen LogP contribution in [0, 0.1) is 11.8 Å². The van der Waals surface area contributed by atoms with E-state index < -0.39 is 18.0 Å². The third-order valence-electron chi connectivity index (χ3n) is 5.11. The van der Waals surface area contributed by atoms with E-state index in [-0.39, 0.29) is 25.3 Å². The standard InChI is InChI=1S/C16H23F3N4O/c17-16(18,19)12-6-4-5-11(9-12)15(24)20-10-14-22-21-13-7-2-1-3-8-23(13)14/h11-12H,1-10H2,(H,20,24). The van der Waals surface area contributed by atoms with Gasteiger partial charge in [0.15, 0.2) is 5.82 Å². The monoisotopic (exact) mass is 344 g/mol. The summed E-state index contributed by atoms with van der Waals surface area (Å²) in [5.74, 6) is -0.576. The molecule has 134 valence electrons. The van der Waals surface area contributed by atoms with Crippen molar-refractivity contribution in [3.05, 3.63) is 11.6 Å². The molecular formula is C16H23F3N4O. The van der Waals surface area contributed by atoms with Crippen LogP contribution in [0.25, 0.3) is 0 Å². The number of fused-ring (bicyclic) bond motifs is 1. The van der Waals surface area contributed by atoms with Gasteiger partial charge in [-0.1, -0.05) is 12.8 Å². The molecule has 0 aromatic carbocycles. The van der Waals surface area contributed by atoms with E-state index in [1.54, 1.807) is 0 Å². The first-order valence-electron chi connectivity index (χ1n) is 8.70. The smallest absolute Gasteiger partial charge is 0.349 e. The summed E-state index contributed by atoms with van der Waals surface area (Å²) in [6.45, 7) is 1.08. The van der Waals surface area contributed by atoms with Crippen LogP contribution < -0.4 is 5.32 Å². The molecular weight excluding hydrogens is 321 g/mol. The quantitative estimate of drug-likeness (QED) is 0.917. The fourth-order valence-electron chi connectivity index (χ4n) is 3.71. The number of nitrogens with one attached hydrogen (secondary N) is 1. The van der Waals surface area contributed by atoms with Crippen molar-refractivity contribution in [3.63, 3.8) is 0 Å². The van der Waals surface area contributed by atoms with Crippen molar-refractivity contribution < 1.29 is 18.0 Å². The van der Waals surface area contributed by atoms with Crippen molar-refractivity contribution in [1.82, 2.24) is 20.1 Å².